The van der Waals surface area contributed by atoms with Gasteiger partial charge in [-0.1, -0.05) is 26.7 Å². The molecule has 0 aromatic carbocycles. The Bertz CT molecular complexity index is 483. The van der Waals surface area contributed by atoms with Crippen molar-refractivity contribution in [3.05, 3.63) is 29.8 Å². The van der Waals surface area contributed by atoms with E-state index in [9.17, 15) is 4.39 Å². The highest BCUT2D eigenvalue weighted by molar-refractivity contribution is 5.12. The largest absolute Gasteiger partial charge is 0.308 e. The zero-order chi connectivity index (χ0) is 14.9. The lowest BCUT2D eigenvalue weighted by molar-refractivity contribution is 0.0505. The van der Waals surface area contributed by atoms with Crippen molar-refractivity contribution < 1.29 is 4.39 Å². The smallest absolute Gasteiger partial charge is 0.141 e. The van der Waals surface area contributed by atoms with Crippen LogP contribution in [0.1, 0.15) is 45.1 Å². The first kappa shape index (κ1) is 14.9. The Morgan fingerprint density at radius 1 is 1.38 bits per heavy atom. The standard InChI is InChI=1S/C17H26FN3/c1-13(2)16-10-20-17(5-3-4-6-17)12-21(16)11-14-7-15(18)9-19-8-14/h7-9,13,16,20H,3-6,10-12H2,1-2H3. The summed E-state index contributed by atoms with van der Waals surface area (Å²) in [7, 11) is 0. The van der Waals surface area contributed by atoms with Crippen LogP contribution in [0.4, 0.5) is 4.39 Å². The predicted octanol–water partition coefficient (Wildman–Crippen LogP) is 2.96. The summed E-state index contributed by atoms with van der Waals surface area (Å²) in [6, 6.07) is 2.13. The minimum Gasteiger partial charge on any atom is -0.308 e. The van der Waals surface area contributed by atoms with Gasteiger partial charge in [0, 0.05) is 37.4 Å². The molecule has 1 saturated carbocycles. The van der Waals surface area contributed by atoms with E-state index < -0.39 is 0 Å². The summed E-state index contributed by atoms with van der Waals surface area (Å²) in [6.07, 6.45) is 8.28. The normalized spacial score (nSPS) is 25.8. The van der Waals surface area contributed by atoms with E-state index in [4.69, 9.17) is 0 Å². The van der Waals surface area contributed by atoms with Crippen molar-refractivity contribution in [2.24, 2.45) is 5.92 Å². The van der Waals surface area contributed by atoms with Crippen LogP contribution < -0.4 is 5.32 Å². The van der Waals surface area contributed by atoms with Gasteiger partial charge in [-0.05, 0) is 30.4 Å². The van der Waals surface area contributed by atoms with E-state index >= 15 is 0 Å². The molecule has 0 radical (unpaired) electrons. The van der Waals surface area contributed by atoms with Crippen LogP contribution in [-0.2, 0) is 6.54 Å². The summed E-state index contributed by atoms with van der Waals surface area (Å²) in [6.45, 7) is 7.47. The second-order valence-corrected chi connectivity index (χ2v) is 7.10. The van der Waals surface area contributed by atoms with Gasteiger partial charge < -0.3 is 5.32 Å². The maximum absolute atomic E-state index is 13.4. The third kappa shape index (κ3) is 3.27. The SMILES string of the molecule is CC(C)C1CNC2(CCCC2)CN1Cc1cncc(F)c1. The van der Waals surface area contributed by atoms with Crippen molar-refractivity contribution in [2.45, 2.75) is 57.7 Å². The van der Waals surface area contributed by atoms with E-state index in [0.717, 1.165) is 25.2 Å². The van der Waals surface area contributed by atoms with Crippen LogP contribution in [0, 0.1) is 11.7 Å². The summed E-state index contributed by atoms with van der Waals surface area (Å²) in [5, 5.41) is 3.82. The highest BCUT2D eigenvalue weighted by Crippen LogP contribution is 2.34. The van der Waals surface area contributed by atoms with Crippen LogP contribution in [0.5, 0.6) is 0 Å². The number of pyridine rings is 1. The molecule has 1 spiro atoms. The molecule has 1 aliphatic carbocycles. The predicted molar refractivity (Wildman–Crippen MR) is 82.4 cm³/mol. The Balaban J connectivity index is 1.77. The molecule has 1 unspecified atom stereocenters. The van der Waals surface area contributed by atoms with Gasteiger partial charge in [-0.25, -0.2) is 4.39 Å². The van der Waals surface area contributed by atoms with Gasteiger partial charge in [-0.3, -0.25) is 9.88 Å². The molecule has 0 bridgehead atoms. The molecule has 0 amide bonds. The molecular formula is C17H26FN3. The molecule has 21 heavy (non-hydrogen) atoms. The van der Waals surface area contributed by atoms with Crippen molar-refractivity contribution in [1.82, 2.24) is 15.2 Å². The van der Waals surface area contributed by atoms with Gasteiger partial charge in [-0.15, -0.1) is 0 Å². The number of hydrogen-bond acceptors (Lipinski definition) is 3. The lowest BCUT2D eigenvalue weighted by Gasteiger charge is -2.48. The fourth-order valence-corrected chi connectivity index (χ4v) is 4.01. The van der Waals surface area contributed by atoms with E-state index in [0.29, 0.717) is 17.5 Å². The molecule has 1 aliphatic heterocycles. The highest BCUT2D eigenvalue weighted by Gasteiger charge is 2.41. The molecule has 1 N–H and O–H groups in total. The molecular weight excluding hydrogens is 265 g/mol. The van der Waals surface area contributed by atoms with Gasteiger partial charge in [0.05, 0.1) is 6.20 Å². The monoisotopic (exact) mass is 291 g/mol. The van der Waals surface area contributed by atoms with Gasteiger partial charge in [0.25, 0.3) is 0 Å². The van der Waals surface area contributed by atoms with Gasteiger partial charge in [-0.2, -0.15) is 0 Å². The van der Waals surface area contributed by atoms with E-state index in [2.05, 4.69) is 29.0 Å². The number of halogens is 1. The number of aromatic nitrogens is 1. The van der Waals surface area contributed by atoms with Crippen molar-refractivity contribution in [3.8, 4) is 0 Å². The molecule has 2 heterocycles. The van der Waals surface area contributed by atoms with E-state index in [1.165, 1.54) is 31.9 Å². The van der Waals surface area contributed by atoms with Crippen LogP contribution in [0.25, 0.3) is 0 Å². The molecule has 2 fully saturated rings. The molecule has 1 aromatic rings. The summed E-state index contributed by atoms with van der Waals surface area (Å²) in [5.74, 6) is 0.358. The molecule has 4 heteroatoms. The number of piperazine rings is 1. The van der Waals surface area contributed by atoms with Crippen LogP contribution in [0.3, 0.4) is 0 Å². The van der Waals surface area contributed by atoms with E-state index in [-0.39, 0.29) is 5.82 Å². The van der Waals surface area contributed by atoms with E-state index in [1.807, 2.05) is 0 Å². The first-order valence-electron chi connectivity index (χ1n) is 8.16. The fraction of sp³-hybridized carbons (Fsp3) is 0.706. The third-order valence-electron chi connectivity index (χ3n) is 5.14. The van der Waals surface area contributed by atoms with Crippen LogP contribution in [0.15, 0.2) is 18.5 Å². The molecule has 3 rings (SSSR count). The fourth-order valence-electron chi connectivity index (χ4n) is 4.01. The van der Waals surface area contributed by atoms with Gasteiger partial charge in [0.15, 0.2) is 0 Å². The minimum absolute atomic E-state index is 0.237. The number of nitrogens with one attached hydrogen (secondary N) is 1. The topological polar surface area (TPSA) is 28.2 Å². The second kappa shape index (κ2) is 6.01. The van der Waals surface area contributed by atoms with Gasteiger partial charge in [0.1, 0.15) is 5.82 Å². The summed E-state index contributed by atoms with van der Waals surface area (Å²) >= 11 is 0. The quantitative estimate of drug-likeness (QED) is 0.928. The average molecular weight is 291 g/mol. The number of rotatable bonds is 3. The van der Waals surface area contributed by atoms with Gasteiger partial charge in [0.2, 0.25) is 0 Å². The lowest BCUT2D eigenvalue weighted by atomic mass is 9.89. The minimum atomic E-state index is -0.237. The second-order valence-electron chi connectivity index (χ2n) is 7.10. The zero-order valence-electron chi connectivity index (χ0n) is 13.1. The van der Waals surface area contributed by atoms with Crippen molar-refractivity contribution in [3.63, 3.8) is 0 Å². The van der Waals surface area contributed by atoms with Crippen LogP contribution >= 0.6 is 0 Å². The summed E-state index contributed by atoms with van der Waals surface area (Å²) in [5.41, 5.74) is 1.28. The molecule has 1 saturated heterocycles. The Morgan fingerprint density at radius 2 is 2.14 bits per heavy atom. The summed E-state index contributed by atoms with van der Waals surface area (Å²) < 4.78 is 13.4. The maximum atomic E-state index is 13.4. The Hall–Kier alpha value is -1.00. The molecule has 1 atom stereocenters. The average Bonchev–Trinajstić information content (AvgIpc) is 2.86. The van der Waals surface area contributed by atoms with Crippen molar-refractivity contribution in [1.29, 1.82) is 0 Å². The molecule has 1 aromatic heterocycles. The highest BCUT2D eigenvalue weighted by atomic mass is 19.1. The number of nitrogens with zero attached hydrogens (tertiary/aromatic N) is 2. The lowest BCUT2D eigenvalue weighted by Crippen LogP contribution is -2.63. The zero-order valence-corrected chi connectivity index (χ0v) is 13.1. The Labute approximate surface area is 126 Å². The molecule has 3 nitrogen and oxygen atoms in total. The first-order valence-corrected chi connectivity index (χ1v) is 8.16. The molecule has 2 aliphatic rings. The van der Waals surface area contributed by atoms with Crippen LogP contribution in [-0.4, -0.2) is 34.6 Å². The van der Waals surface area contributed by atoms with E-state index in [1.54, 1.807) is 12.3 Å². The maximum Gasteiger partial charge on any atom is 0.141 e. The van der Waals surface area contributed by atoms with Gasteiger partial charge >= 0.3 is 0 Å². The molecule has 116 valence electrons. The third-order valence-corrected chi connectivity index (χ3v) is 5.14. The Kier molecular flexibility index (Phi) is 4.27. The first-order chi connectivity index (χ1) is 10.1. The van der Waals surface area contributed by atoms with Crippen LogP contribution in [0.2, 0.25) is 0 Å². The van der Waals surface area contributed by atoms with Crippen molar-refractivity contribution in [2.75, 3.05) is 13.1 Å². The summed E-state index contributed by atoms with van der Waals surface area (Å²) in [4.78, 5) is 6.54. The Morgan fingerprint density at radius 3 is 2.81 bits per heavy atom. The number of hydrogen-bond donors (Lipinski definition) is 1. The van der Waals surface area contributed by atoms with Crippen molar-refractivity contribution >= 4 is 0 Å².